The van der Waals surface area contributed by atoms with Gasteiger partial charge in [0.1, 0.15) is 0 Å². The largest absolute Gasteiger partial charge is 0.316 e. The van der Waals surface area contributed by atoms with E-state index in [4.69, 9.17) is 10.4 Å². The van der Waals surface area contributed by atoms with Crippen LogP contribution in [-0.4, -0.2) is 10.4 Å². The van der Waals surface area contributed by atoms with Crippen molar-refractivity contribution < 1.29 is 10.4 Å². The molecule has 0 saturated carbocycles. The van der Waals surface area contributed by atoms with Crippen molar-refractivity contribution in [3.63, 3.8) is 0 Å². The Labute approximate surface area is 70.8 Å². The molecular formula is C8H12N2O2. The quantitative estimate of drug-likeness (QED) is 0.498. The number of benzene rings is 1. The fourth-order valence-corrected chi connectivity index (χ4v) is 1.07. The minimum absolute atomic E-state index is 0.387. The second-order valence-corrected chi connectivity index (χ2v) is 2.44. The van der Waals surface area contributed by atoms with E-state index in [1.165, 1.54) is 0 Å². The molecule has 0 saturated heterocycles. The van der Waals surface area contributed by atoms with Gasteiger partial charge < -0.3 is 10.4 Å². The summed E-state index contributed by atoms with van der Waals surface area (Å²) >= 11 is 0. The van der Waals surface area contributed by atoms with Gasteiger partial charge in [0.05, 0.1) is 0 Å². The average molecular weight is 168 g/mol. The molecule has 0 spiro atoms. The topological polar surface area (TPSA) is 64.5 Å². The molecule has 4 heteroatoms. The van der Waals surface area contributed by atoms with Crippen LogP contribution in [0.2, 0.25) is 0 Å². The van der Waals surface area contributed by atoms with Gasteiger partial charge >= 0.3 is 0 Å². The molecule has 1 rings (SSSR count). The van der Waals surface area contributed by atoms with Gasteiger partial charge in [-0.2, -0.15) is 0 Å². The first-order valence-electron chi connectivity index (χ1n) is 3.69. The van der Waals surface area contributed by atoms with E-state index >= 15 is 0 Å². The summed E-state index contributed by atoms with van der Waals surface area (Å²) < 4.78 is 0. The molecule has 0 amide bonds. The van der Waals surface area contributed by atoms with Crippen LogP contribution in [0.5, 0.6) is 0 Å². The zero-order valence-corrected chi connectivity index (χ0v) is 6.62. The molecular weight excluding hydrogens is 156 g/mol. The first-order chi connectivity index (χ1) is 5.88. The van der Waals surface area contributed by atoms with Gasteiger partial charge in [-0.3, -0.25) is 0 Å². The lowest BCUT2D eigenvalue weighted by atomic mass is 10.1. The molecule has 0 fully saturated rings. The molecule has 66 valence electrons. The van der Waals surface area contributed by atoms with Crippen LogP contribution in [0.15, 0.2) is 24.3 Å². The Balaban J connectivity index is 2.77. The first kappa shape index (κ1) is 9.15. The van der Waals surface area contributed by atoms with Gasteiger partial charge in [-0.1, -0.05) is 24.3 Å². The molecule has 0 aliphatic heterocycles. The summed E-state index contributed by atoms with van der Waals surface area (Å²) in [6.45, 7) is 0.774. The summed E-state index contributed by atoms with van der Waals surface area (Å²) in [5, 5.41) is 17.0. The van der Waals surface area contributed by atoms with E-state index in [0.717, 1.165) is 11.1 Å². The highest BCUT2D eigenvalue weighted by molar-refractivity contribution is 5.26. The Morgan fingerprint density at radius 1 is 0.917 bits per heavy atom. The second-order valence-electron chi connectivity index (χ2n) is 2.44. The lowest BCUT2D eigenvalue weighted by Gasteiger charge is -2.06. The highest BCUT2D eigenvalue weighted by atomic mass is 16.5. The summed E-state index contributed by atoms with van der Waals surface area (Å²) in [5.74, 6) is 0. The van der Waals surface area contributed by atoms with Crippen molar-refractivity contribution >= 4 is 0 Å². The van der Waals surface area contributed by atoms with Gasteiger partial charge in [-0.25, -0.2) is 11.0 Å². The smallest absolute Gasteiger partial charge is 0.0461 e. The van der Waals surface area contributed by atoms with Crippen LogP contribution in [0.3, 0.4) is 0 Å². The summed E-state index contributed by atoms with van der Waals surface area (Å²) in [6.07, 6.45) is 0. The SMILES string of the molecule is ONCc1ccccc1CNO. The van der Waals surface area contributed by atoms with Crippen LogP contribution in [0.25, 0.3) is 0 Å². The Hall–Kier alpha value is -0.940. The van der Waals surface area contributed by atoms with E-state index in [1.54, 1.807) is 0 Å². The van der Waals surface area contributed by atoms with E-state index in [9.17, 15) is 0 Å². The van der Waals surface area contributed by atoms with Crippen LogP contribution >= 0.6 is 0 Å². The van der Waals surface area contributed by atoms with Gasteiger partial charge in [0.25, 0.3) is 0 Å². The van der Waals surface area contributed by atoms with Crippen LogP contribution in [0.4, 0.5) is 0 Å². The lowest BCUT2D eigenvalue weighted by molar-refractivity contribution is 0.154. The van der Waals surface area contributed by atoms with Crippen LogP contribution in [0.1, 0.15) is 11.1 Å². The highest BCUT2D eigenvalue weighted by Crippen LogP contribution is 2.07. The van der Waals surface area contributed by atoms with Gasteiger partial charge in [-0.15, -0.1) is 0 Å². The summed E-state index contributed by atoms with van der Waals surface area (Å²) in [5.41, 5.74) is 6.07. The third-order valence-electron chi connectivity index (χ3n) is 1.66. The van der Waals surface area contributed by atoms with Gasteiger partial charge in [0, 0.05) is 13.1 Å². The van der Waals surface area contributed by atoms with E-state index in [0.29, 0.717) is 13.1 Å². The van der Waals surface area contributed by atoms with Crippen LogP contribution in [0, 0.1) is 0 Å². The first-order valence-corrected chi connectivity index (χ1v) is 3.69. The molecule has 1 aromatic carbocycles. The zero-order chi connectivity index (χ0) is 8.81. The Kier molecular flexibility index (Phi) is 3.69. The number of hydrogen-bond donors (Lipinski definition) is 4. The number of hydroxylamine groups is 2. The summed E-state index contributed by atoms with van der Waals surface area (Å²) in [6, 6.07) is 7.53. The van der Waals surface area contributed by atoms with Crippen molar-refractivity contribution in [1.82, 2.24) is 11.0 Å². The van der Waals surface area contributed by atoms with Crippen molar-refractivity contribution in [2.75, 3.05) is 0 Å². The summed E-state index contributed by atoms with van der Waals surface area (Å²) in [4.78, 5) is 0. The molecule has 0 unspecified atom stereocenters. The molecule has 0 aromatic heterocycles. The lowest BCUT2D eigenvalue weighted by Crippen LogP contribution is -2.12. The fraction of sp³-hybridized carbons (Fsp3) is 0.250. The second kappa shape index (κ2) is 4.84. The van der Waals surface area contributed by atoms with Crippen molar-refractivity contribution in [3.05, 3.63) is 35.4 Å². The number of hydrogen-bond acceptors (Lipinski definition) is 4. The van der Waals surface area contributed by atoms with Gasteiger partial charge in [-0.05, 0) is 11.1 Å². The van der Waals surface area contributed by atoms with Crippen molar-refractivity contribution in [2.24, 2.45) is 0 Å². The predicted octanol–water partition coefficient (Wildman–Crippen LogP) is 0.644. The predicted molar refractivity (Wildman–Crippen MR) is 43.7 cm³/mol. The minimum Gasteiger partial charge on any atom is -0.316 e. The molecule has 1 aromatic rings. The maximum Gasteiger partial charge on any atom is 0.0461 e. The van der Waals surface area contributed by atoms with E-state index in [-0.39, 0.29) is 0 Å². The average Bonchev–Trinajstić information content (AvgIpc) is 2.09. The van der Waals surface area contributed by atoms with Crippen molar-refractivity contribution in [3.8, 4) is 0 Å². The highest BCUT2D eigenvalue weighted by Gasteiger charge is 1.98. The molecule has 0 radical (unpaired) electrons. The molecule has 0 aliphatic rings. The third-order valence-corrected chi connectivity index (χ3v) is 1.66. The molecule has 0 atom stereocenters. The monoisotopic (exact) mass is 168 g/mol. The minimum atomic E-state index is 0.387. The van der Waals surface area contributed by atoms with E-state index in [2.05, 4.69) is 11.0 Å². The number of nitrogens with one attached hydrogen (secondary N) is 2. The normalized spacial score (nSPS) is 10.2. The Bertz CT molecular complexity index is 215. The standard InChI is InChI=1S/C8H12N2O2/c11-9-5-7-3-1-2-4-8(7)6-10-12/h1-4,9-12H,5-6H2. The molecule has 4 nitrogen and oxygen atoms in total. The molecule has 0 bridgehead atoms. The molecule has 0 aliphatic carbocycles. The van der Waals surface area contributed by atoms with Crippen molar-refractivity contribution in [1.29, 1.82) is 0 Å². The van der Waals surface area contributed by atoms with Crippen molar-refractivity contribution in [2.45, 2.75) is 13.1 Å². The molecule has 12 heavy (non-hydrogen) atoms. The van der Waals surface area contributed by atoms with E-state index in [1.807, 2.05) is 24.3 Å². The van der Waals surface area contributed by atoms with Gasteiger partial charge in [0.2, 0.25) is 0 Å². The Morgan fingerprint density at radius 3 is 1.67 bits per heavy atom. The van der Waals surface area contributed by atoms with Gasteiger partial charge in [0.15, 0.2) is 0 Å². The summed E-state index contributed by atoms with van der Waals surface area (Å²) in [7, 11) is 0. The van der Waals surface area contributed by atoms with Crippen LogP contribution < -0.4 is 11.0 Å². The maximum atomic E-state index is 8.48. The third kappa shape index (κ3) is 2.28. The number of rotatable bonds is 4. The van der Waals surface area contributed by atoms with E-state index < -0.39 is 0 Å². The molecule has 0 heterocycles. The zero-order valence-electron chi connectivity index (χ0n) is 6.62. The Morgan fingerprint density at radius 2 is 1.33 bits per heavy atom. The van der Waals surface area contributed by atoms with Crippen LogP contribution in [-0.2, 0) is 13.1 Å². The fourth-order valence-electron chi connectivity index (χ4n) is 1.07. The molecule has 4 N–H and O–H groups in total. The maximum absolute atomic E-state index is 8.48.